The monoisotopic (exact) mass is 457 g/mol. The van der Waals surface area contributed by atoms with Gasteiger partial charge in [0.2, 0.25) is 0 Å². The molecule has 3 aromatic rings. The van der Waals surface area contributed by atoms with Crippen LogP contribution < -0.4 is 4.74 Å². The average Bonchev–Trinajstić information content (AvgIpc) is 2.67. The Bertz CT molecular complexity index is 1010. The number of ether oxygens (including phenoxy) is 1. The number of nitriles is 1. The predicted molar refractivity (Wildman–Crippen MR) is 115 cm³/mol. The normalized spacial score (nSPS) is 11.1. The number of benzene rings is 3. The molecule has 27 heavy (non-hydrogen) atoms. The maximum Gasteiger partial charge on any atom is 0.119 e. The Morgan fingerprint density at radius 1 is 1.00 bits per heavy atom. The number of hydrogen-bond acceptors (Lipinski definition) is 2. The molecule has 5 heteroatoms. The molecule has 0 heterocycles. The summed E-state index contributed by atoms with van der Waals surface area (Å²) in [5.74, 6) is 0.762. The molecule has 0 radical (unpaired) electrons. The van der Waals surface area contributed by atoms with Crippen molar-refractivity contribution in [3.05, 3.63) is 97.9 Å². The van der Waals surface area contributed by atoms with E-state index >= 15 is 0 Å². The summed E-state index contributed by atoms with van der Waals surface area (Å²) < 4.78 is 6.84. The Balaban J connectivity index is 1.73. The van der Waals surface area contributed by atoms with Crippen LogP contribution in [0.3, 0.4) is 0 Å². The second kappa shape index (κ2) is 9.10. The number of halogens is 3. The lowest BCUT2D eigenvalue weighted by Gasteiger charge is -2.07. The van der Waals surface area contributed by atoms with Gasteiger partial charge in [0.1, 0.15) is 12.4 Å². The molecule has 134 valence electrons. The van der Waals surface area contributed by atoms with Gasteiger partial charge in [0.25, 0.3) is 0 Å². The summed E-state index contributed by atoms with van der Waals surface area (Å²) >= 11 is 15.5. The lowest BCUT2D eigenvalue weighted by Crippen LogP contribution is -1.94. The Labute approximate surface area is 176 Å². The van der Waals surface area contributed by atoms with Crippen molar-refractivity contribution in [1.82, 2.24) is 0 Å². The van der Waals surface area contributed by atoms with Gasteiger partial charge >= 0.3 is 0 Å². The van der Waals surface area contributed by atoms with Crippen LogP contribution in [0.1, 0.15) is 16.7 Å². The highest BCUT2D eigenvalue weighted by molar-refractivity contribution is 9.10. The van der Waals surface area contributed by atoms with Crippen molar-refractivity contribution in [2.75, 3.05) is 0 Å². The van der Waals surface area contributed by atoms with Crippen LogP contribution in [0.25, 0.3) is 11.6 Å². The number of nitrogens with zero attached hydrogens (tertiary/aromatic N) is 1. The van der Waals surface area contributed by atoms with Gasteiger partial charge in [-0.1, -0.05) is 69.5 Å². The standard InChI is InChI=1S/C22H14BrCl2NO/c23-18-5-1-16(2-6-18)14-27-20-8-3-15(4-9-20)11-17(13-26)21-10-7-19(24)12-22(21)25/h1-12H,14H2/b17-11+. The van der Waals surface area contributed by atoms with Gasteiger partial charge in [0.05, 0.1) is 16.7 Å². The Hall–Kier alpha value is -2.25. The maximum absolute atomic E-state index is 9.48. The van der Waals surface area contributed by atoms with E-state index in [0.29, 0.717) is 27.8 Å². The molecule has 0 atom stereocenters. The smallest absolute Gasteiger partial charge is 0.119 e. The molecule has 0 saturated carbocycles. The van der Waals surface area contributed by atoms with Gasteiger partial charge in [0, 0.05) is 15.1 Å². The molecule has 0 aliphatic heterocycles. The fourth-order valence-corrected chi connectivity index (χ4v) is 3.23. The van der Waals surface area contributed by atoms with E-state index in [1.807, 2.05) is 48.5 Å². The molecule has 0 aliphatic rings. The van der Waals surface area contributed by atoms with Gasteiger partial charge in [-0.2, -0.15) is 5.26 Å². The first-order valence-electron chi connectivity index (χ1n) is 8.10. The summed E-state index contributed by atoms with van der Waals surface area (Å²) in [5.41, 5.74) is 3.10. The summed E-state index contributed by atoms with van der Waals surface area (Å²) in [5, 5.41) is 10.5. The van der Waals surface area contributed by atoms with Crippen LogP contribution in [-0.4, -0.2) is 0 Å². The highest BCUT2D eigenvalue weighted by Gasteiger charge is 2.07. The van der Waals surface area contributed by atoms with Crippen LogP contribution >= 0.6 is 39.1 Å². The second-order valence-corrected chi connectivity index (χ2v) is 7.54. The van der Waals surface area contributed by atoms with Crippen LogP contribution in [0.15, 0.2) is 71.2 Å². The fraction of sp³-hybridized carbons (Fsp3) is 0.0455. The van der Waals surface area contributed by atoms with E-state index < -0.39 is 0 Å². The lowest BCUT2D eigenvalue weighted by atomic mass is 10.0. The molecule has 2 nitrogen and oxygen atoms in total. The van der Waals surface area contributed by atoms with Crippen molar-refractivity contribution in [1.29, 1.82) is 5.26 Å². The van der Waals surface area contributed by atoms with Crippen LogP contribution in [-0.2, 0) is 6.61 Å². The predicted octanol–water partition coefficient (Wildman–Crippen LogP) is 7.40. The second-order valence-electron chi connectivity index (χ2n) is 5.78. The molecule has 0 bridgehead atoms. The van der Waals surface area contributed by atoms with E-state index in [1.54, 1.807) is 24.3 Å². The van der Waals surface area contributed by atoms with Gasteiger partial charge in [-0.05, 0) is 53.6 Å². The summed E-state index contributed by atoms with van der Waals surface area (Å²) in [6.07, 6.45) is 1.79. The van der Waals surface area contributed by atoms with Gasteiger partial charge in [0.15, 0.2) is 0 Å². The van der Waals surface area contributed by atoms with Crippen LogP contribution in [0.5, 0.6) is 5.75 Å². The molecular formula is C22H14BrCl2NO. The van der Waals surface area contributed by atoms with Crippen molar-refractivity contribution >= 4 is 50.8 Å². The molecule has 0 fully saturated rings. The third kappa shape index (κ3) is 5.37. The molecule has 0 saturated heterocycles. The highest BCUT2D eigenvalue weighted by atomic mass is 79.9. The average molecular weight is 459 g/mol. The minimum Gasteiger partial charge on any atom is -0.489 e. The summed E-state index contributed by atoms with van der Waals surface area (Å²) in [6, 6.07) is 22.8. The van der Waals surface area contributed by atoms with Gasteiger partial charge in [-0.25, -0.2) is 0 Å². The number of hydrogen-bond donors (Lipinski definition) is 0. The summed E-state index contributed by atoms with van der Waals surface area (Å²) in [6.45, 7) is 0.492. The van der Waals surface area contributed by atoms with E-state index in [2.05, 4.69) is 22.0 Å². The first-order chi connectivity index (χ1) is 13.0. The molecular weight excluding hydrogens is 445 g/mol. The highest BCUT2D eigenvalue weighted by Crippen LogP contribution is 2.28. The van der Waals surface area contributed by atoms with Crippen molar-refractivity contribution in [3.63, 3.8) is 0 Å². The van der Waals surface area contributed by atoms with Crippen LogP contribution in [0, 0.1) is 11.3 Å². The van der Waals surface area contributed by atoms with E-state index in [0.717, 1.165) is 21.3 Å². The van der Waals surface area contributed by atoms with Gasteiger partial charge in [-0.15, -0.1) is 0 Å². The van der Waals surface area contributed by atoms with Gasteiger partial charge < -0.3 is 4.74 Å². The number of allylic oxidation sites excluding steroid dienone is 1. The SMILES string of the molecule is N#C/C(=C\c1ccc(OCc2ccc(Br)cc2)cc1)c1ccc(Cl)cc1Cl. The molecule has 3 aromatic carbocycles. The fourth-order valence-electron chi connectivity index (χ4n) is 2.45. The zero-order valence-corrected chi connectivity index (χ0v) is 17.2. The third-order valence-electron chi connectivity index (χ3n) is 3.85. The van der Waals surface area contributed by atoms with E-state index in [-0.39, 0.29) is 0 Å². The largest absolute Gasteiger partial charge is 0.489 e. The minimum atomic E-state index is 0.449. The van der Waals surface area contributed by atoms with Crippen molar-refractivity contribution in [2.24, 2.45) is 0 Å². The van der Waals surface area contributed by atoms with E-state index in [4.69, 9.17) is 27.9 Å². The molecule has 0 aliphatic carbocycles. The number of rotatable bonds is 5. The Kier molecular flexibility index (Phi) is 6.58. The van der Waals surface area contributed by atoms with Crippen LogP contribution in [0.4, 0.5) is 0 Å². The van der Waals surface area contributed by atoms with E-state index in [1.165, 1.54) is 0 Å². The topological polar surface area (TPSA) is 33.0 Å². The van der Waals surface area contributed by atoms with Gasteiger partial charge in [-0.3, -0.25) is 0 Å². The summed E-state index contributed by atoms with van der Waals surface area (Å²) in [7, 11) is 0. The quantitative estimate of drug-likeness (QED) is 0.294. The summed E-state index contributed by atoms with van der Waals surface area (Å²) in [4.78, 5) is 0. The van der Waals surface area contributed by atoms with Crippen LogP contribution in [0.2, 0.25) is 10.0 Å². The zero-order chi connectivity index (χ0) is 19.2. The maximum atomic E-state index is 9.48. The molecule has 0 unspecified atom stereocenters. The lowest BCUT2D eigenvalue weighted by molar-refractivity contribution is 0.306. The Morgan fingerprint density at radius 2 is 1.70 bits per heavy atom. The zero-order valence-electron chi connectivity index (χ0n) is 14.1. The van der Waals surface area contributed by atoms with Crippen molar-refractivity contribution in [2.45, 2.75) is 6.61 Å². The molecule has 0 aromatic heterocycles. The first-order valence-corrected chi connectivity index (χ1v) is 9.64. The molecule has 3 rings (SSSR count). The Morgan fingerprint density at radius 3 is 2.33 bits per heavy atom. The van der Waals surface area contributed by atoms with Crippen molar-refractivity contribution in [3.8, 4) is 11.8 Å². The molecule has 0 amide bonds. The molecule has 0 N–H and O–H groups in total. The van der Waals surface area contributed by atoms with E-state index in [9.17, 15) is 5.26 Å². The minimum absolute atomic E-state index is 0.449. The molecule has 0 spiro atoms. The first kappa shape index (κ1) is 19.5. The third-order valence-corrected chi connectivity index (χ3v) is 4.93. The van der Waals surface area contributed by atoms with Crippen molar-refractivity contribution < 1.29 is 4.74 Å².